The lowest BCUT2D eigenvalue weighted by Gasteiger charge is -2.59. The van der Waals surface area contributed by atoms with Crippen molar-refractivity contribution in [3.63, 3.8) is 0 Å². The van der Waals surface area contributed by atoms with Gasteiger partial charge in [0.2, 0.25) is 0 Å². The van der Waals surface area contributed by atoms with Crippen molar-refractivity contribution in [3.8, 4) is 17.2 Å². The first-order valence-electron chi connectivity index (χ1n) is 9.39. The molecule has 2 aliphatic rings. The van der Waals surface area contributed by atoms with Gasteiger partial charge in [-0.3, -0.25) is 0 Å². The normalized spacial score (nSPS) is 35.2. The Bertz CT molecular complexity index is 595. The van der Waals surface area contributed by atoms with E-state index in [1.165, 1.54) is 38.2 Å². The zero-order chi connectivity index (χ0) is 17.5. The summed E-state index contributed by atoms with van der Waals surface area (Å²) in [5.74, 6) is 2.44. The number of benzene rings is 1. The summed E-state index contributed by atoms with van der Waals surface area (Å²) < 4.78 is 6.02. The van der Waals surface area contributed by atoms with Gasteiger partial charge in [-0.05, 0) is 60.5 Å². The highest BCUT2D eigenvalue weighted by molar-refractivity contribution is 5.43. The lowest BCUT2D eigenvalue weighted by atomic mass is 9.47. The summed E-state index contributed by atoms with van der Waals surface area (Å²) in [6.07, 6.45) is 6.49. The Kier molecular flexibility index (Phi) is 4.48. The fraction of sp³-hybridized carbons (Fsp3) is 0.714. The maximum atomic E-state index is 9.98. The Morgan fingerprint density at radius 2 is 1.88 bits per heavy atom. The maximum Gasteiger partial charge on any atom is 0.161 e. The maximum absolute atomic E-state index is 9.98. The Morgan fingerprint density at radius 1 is 1.12 bits per heavy atom. The number of phenolic OH excluding ortho intramolecular Hbond substituents is 2. The highest BCUT2D eigenvalue weighted by Crippen LogP contribution is 2.61. The second-order valence-electron chi connectivity index (χ2n) is 9.02. The molecule has 1 aromatic carbocycles. The van der Waals surface area contributed by atoms with E-state index in [1.807, 2.05) is 0 Å². The van der Waals surface area contributed by atoms with Crippen LogP contribution >= 0.6 is 0 Å². The predicted octanol–water partition coefficient (Wildman–Crippen LogP) is 5.36. The van der Waals surface area contributed by atoms with Gasteiger partial charge in [0.25, 0.3) is 0 Å². The standard InChI is InChI=1S/C21H32O3/c1-14-6-9-19-20(2,3)10-5-11-21(19,4)16(14)13-24-18-8-7-15(22)12-17(18)23/h7-8,12,14,16,19,22-23H,5-6,9-11,13H2,1-4H3. The van der Waals surface area contributed by atoms with Gasteiger partial charge >= 0.3 is 0 Å². The number of fused-ring (bicyclic) bond motifs is 1. The molecule has 2 fully saturated rings. The van der Waals surface area contributed by atoms with Gasteiger partial charge in [-0.2, -0.15) is 0 Å². The first kappa shape index (κ1) is 17.4. The van der Waals surface area contributed by atoms with Gasteiger partial charge in [-0.25, -0.2) is 0 Å². The molecule has 0 bridgehead atoms. The molecule has 0 saturated heterocycles. The fourth-order valence-corrected chi connectivity index (χ4v) is 5.77. The third-order valence-corrected chi connectivity index (χ3v) is 7.08. The van der Waals surface area contributed by atoms with Crippen molar-refractivity contribution in [2.45, 2.75) is 59.8 Å². The fourth-order valence-electron chi connectivity index (χ4n) is 5.77. The molecule has 3 nitrogen and oxygen atoms in total. The van der Waals surface area contributed by atoms with E-state index in [0.717, 1.165) is 5.92 Å². The van der Waals surface area contributed by atoms with Crippen LogP contribution in [-0.4, -0.2) is 16.8 Å². The Hall–Kier alpha value is -1.38. The van der Waals surface area contributed by atoms with E-state index in [-0.39, 0.29) is 11.5 Å². The lowest BCUT2D eigenvalue weighted by molar-refractivity contribution is -0.105. The number of phenols is 2. The smallest absolute Gasteiger partial charge is 0.161 e. The van der Waals surface area contributed by atoms with E-state index in [1.54, 1.807) is 12.1 Å². The van der Waals surface area contributed by atoms with E-state index in [4.69, 9.17) is 4.74 Å². The number of ether oxygens (including phenoxy) is 1. The highest BCUT2D eigenvalue weighted by Gasteiger charge is 2.53. The van der Waals surface area contributed by atoms with Crippen molar-refractivity contribution in [2.75, 3.05) is 6.61 Å². The molecular weight excluding hydrogens is 300 g/mol. The van der Waals surface area contributed by atoms with Gasteiger partial charge < -0.3 is 14.9 Å². The summed E-state index contributed by atoms with van der Waals surface area (Å²) in [6.45, 7) is 10.3. The SMILES string of the molecule is CC1CCC2C(C)(C)CCCC2(C)C1COc1ccc(O)cc1O. The highest BCUT2D eigenvalue weighted by atomic mass is 16.5. The van der Waals surface area contributed by atoms with Gasteiger partial charge in [-0.1, -0.05) is 34.1 Å². The van der Waals surface area contributed by atoms with Crippen LogP contribution in [0.2, 0.25) is 0 Å². The van der Waals surface area contributed by atoms with E-state index < -0.39 is 0 Å². The van der Waals surface area contributed by atoms with Crippen molar-refractivity contribution in [2.24, 2.45) is 28.6 Å². The quantitative estimate of drug-likeness (QED) is 0.784. The molecule has 2 aliphatic carbocycles. The van der Waals surface area contributed by atoms with Crippen molar-refractivity contribution in [1.82, 2.24) is 0 Å². The molecule has 3 rings (SSSR count). The molecule has 1 aromatic rings. The molecule has 0 spiro atoms. The van der Waals surface area contributed by atoms with Crippen molar-refractivity contribution in [1.29, 1.82) is 0 Å². The average molecular weight is 332 g/mol. The van der Waals surface area contributed by atoms with Gasteiger partial charge in [-0.15, -0.1) is 0 Å². The van der Waals surface area contributed by atoms with E-state index in [2.05, 4.69) is 27.7 Å². The minimum absolute atomic E-state index is 0.0177. The second-order valence-corrected chi connectivity index (χ2v) is 9.02. The number of rotatable bonds is 3. The minimum Gasteiger partial charge on any atom is -0.508 e. The van der Waals surface area contributed by atoms with Crippen LogP contribution in [0.4, 0.5) is 0 Å². The van der Waals surface area contributed by atoms with Crippen molar-refractivity contribution >= 4 is 0 Å². The summed E-state index contributed by atoms with van der Waals surface area (Å²) >= 11 is 0. The minimum atomic E-state index is 0.0177. The Morgan fingerprint density at radius 3 is 2.58 bits per heavy atom. The Balaban J connectivity index is 1.80. The zero-order valence-corrected chi connectivity index (χ0v) is 15.5. The summed E-state index contributed by atoms with van der Waals surface area (Å²) in [6, 6.07) is 4.56. The van der Waals surface area contributed by atoms with E-state index in [0.29, 0.717) is 35.0 Å². The van der Waals surface area contributed by atoms with Crippen LogP contribution in [0.25, 0.3) is 0 Å². The molecule has 134 valence electrons. The van der Waals surface area contributed by atoms with Crippen LogP contribution in [0.3, 0.4) is 0 Å². The molecule has 4 atom stereocenters. The molecule has 2 saturated carbocycles. The van der Waals surface area contributed by atoms with E-state index >= 15 is 0 Å². The van der Waals surface area contributed by atoms with Crippen molar-refractivity contribution in [3.05, 3.63) is 18.2 Å². The van der Waals surface area contributed by atoms with Crippen LogP contribution in [0.1, 0.15) is 59.8 Å². The largest absolute Gasteiger partial charge is 0.508 e. The molecule has 2 N–H and O–H groups in total. The molecule has 24 heavy (non-hydrogen) atoms. The molecule has 0 aliphatic heterocycles. The topological polar surface area (TPSA) is 49.7 Å². The molecule has 0 aromatic heterocycles. The van der Waals surface area contributed by atoms with Crippen LogP contribution in [0, 0.1) is 28.6 Å². The summed E-state index contributed by atoms with van der Waals surface area (Å²) in [5, 5.41) is 19.4. The molecule has 0 heterocycles. The van der Waals surface area contributed by atoms with Gasteiger partial charge in [0, 0.05) is 12.0 Å². The first-order chi connectivity index (χ1) is 11.2. The van der Waals surface area contributed by atoms with Crippen LogP contribution in [0.5, 0.6) is 17.2 Å². The lowest BCUT2D eigenvalue weighted by Crippen LogP contribution is -2.52. The molecule has 3 heteroatoms. The first-order valence-corrected chi connectivity index (χ1v) is 9.39. The van der Waals surface area contributed by atoms with Crippen LogP contribution in [0.15, 0.2) is 18.2 Å². The second kappa shape index (κ2) is 6.16. The number of hydrogen-bond acceptors (Lipinski definition) is 3. The van der Waals surface area contributed by atoms with Crippen LogP contribution < -0.4 is 4.74 Å². The third-order valence-electron chi connectivity index (χ3n) is 7.08. The van der Waals surface area contributed by atoms with Crippen LogP contribution in [-0.2, 0) is 0 Å². The molecular formula is C21H32O3. The van der Waals surface area contributed by atoms with E-state index in [9.17, 15) is 10.2 Å². The number of aromatic hydroxyl groups is 2. The van der Waals surface area contributed by atoms with Gasteiger partial charge in [0.1, 0.15) is 5.75 Å². The zero-order valence-electron chi connectivity index (χ0n) is 15.5. The van der Waals surface area contributed by atoms with Gasteiger partial charge in [0.05, 0.1) is 6.61 Å². The monoisotopic (exact) mass is 332 g/mol. The molecule has 0 radical (unpaired) electrons. The van der Waals surface area contributed by atoms with Crippen molar-refractivity contribution < 1.29 is 14.9 Å². The summed E-state index contributed by atoms with van der Waals surface area (Å²) in [7, 11) is 0. The average Bonchev–Trinajstić information content (AvgIpc) is 2.47. The van der Waals surface area contributed by atoms with Gasteiger partial charge in [0.15, 0.2) is 11.5 Å². The Labute approximate surface area is 146 Å². The third kappa shape index (κ3) is 2.98. The predicted molar refractivity (Wildman–Crippen MR) is 96.4 cm³/mol. The molecule has 4 unspecified atom stereocenters. The number of hydrogen-bond donors (Lipinski definition) is 2. The summed E-state index contributed by atoms with van der Waals surface area (Å²) in [4.78, 5) is 0. The molecule has 0 amide bonds. The summed E-state index contributed by atoms with van der Waals surface area (Å²) in [5.41, 5.74) is 0.720.